The van der Waals surface area contributed by atoms with Gasteiger partial charge in [-0.1, -0.05) is 23.2 Å². The lowest BCUT2D eigenvalue weighted by molar-refractivity contribution is -0.124. The van der Waals surface area contributed by atoms with E-state index in [1.165, 1.54) is 29.1 Å². The highest BCUT2D eigenvalue weighted by atomic mass is 35.5. The second-order valence-corrected chi connectivity index (χ2v) is 7.09. The fourth-order valence-electron chi connectivity index (χ4n) is 2.51. The molecule has 1 amide bonds. The SMILES string of the molecule is CC(C)n1cc(Oc2c(Cl)cc(N3N=C(C#N)C(=O)CC3=O)cc2Cl)cnc1=O. The minimum Gasteiger partial charge on any atom is -0.451 e. The number of benzene rings is 1. The molecule has 3 rings (SSSR count). The van der Waals surface area contributed by atoms with Crippen LogP contribution in [0, 0.1) is 11.3 Å². The van der Waals surface area contributed by atoms with Crippen LogP contribution in [0.3, 0.4) is 0 Å². The first-order chi connectivity index (χ1) is 13.7. The summed E-state index contributed by atoms with van der Waals surface area (Å²) in [4.78, 5) is 39.2. The number of ether oxygens (including phenoxy) is 1. The van der Waals surface area contributed by atoms with Gasteiger partial charge in [0.2, 0.25) is 11.5 Å². The van der Waals surface area contributed by atoms with Gasteiger partial charge in [0.15, 0.2) is 11.5 Å². The molecule has 0 fully saturated rings. The fourth-order valence-corrected chi connectivity index (χ4v) is 3.06. The third kappa shape index (κ3) is 4.13. The molecule has 1 aliphatic heterocycles. The van der Waals surface area contributed by atoms with Crippen LogP contribution in [0.15, 0.2) is 34.4 Å². The highest BCUT2D eigenvalue weighted by Gasteiger charge is 2.29. The molecule has 0 saturated heterocycles. The van der Waals surface area contributed by atoms with Crippen LogP contribution in [0.5, 0.6) is 11.5 Å². The number of amides is 1. The first kappa shape index (κ1) is 20.5. The zero-order valence-electron chi connectivity index (χ0n) is 15.2. The summed E-state index contributed by atoms with van der Waals surface area (Å²) in [5.74, 6) is -0.959. The number of anilines is 1. The molecular weight excluding hydrogens is 421 g/mol. The number of hydrogen-bond donors (Lipinski definition) is 0. The summed E-state index contributed by atoms with van der Waals surface area (Å²) in [7, 11) is 0. The Kier molecular flexibility index (Phi) is 5.68. The smallest absolute Gasteiger partial charge is 0.347 e. The number of rotatable bonds is 4. The molecule has 11 heteroatoms. The predicted molar refractivity (Wildman–Crippen MR) is 106 cm³/mol. The van der Waals surface area contributed by atoms with Crippen LogP contribution in [-0.4, -0.2) is 27.0 Å². The quantitative estimate of drug-likeness (QED) is 0.683. The lowest BCUT2D eigenvalue weighted by Crippen LogP contribution is -2.36. The monoisotopic (exact) mass is 433 g/mol. The third-order valence-corrected chi connectivity index (χ3v) is 4.47. The van der Waals surface area contributed by atoms with Crippen LogP contribution in [0.1, 0.15) is 26.3 Å². The Labute approximate surface area is 174 Å². The van der Waals surface area contributed by atoms with Crippen molar-refractivity contribution in [2.75, 3.05) is 5.01 Å². The van der Waals surface area contributed by atoms with Crippen LogP contribution < -0.4 is 15.4 Å². The van der Waals surface area contributed by atoms with E-state index >= 15 is 0 Å². The molecule has 0 unspecified atom stereocenters. The topological polar surface area (TPSA) is 118 Å². The van der Waals surface area contributed by atoms with Gasteiger partial charge in [0.1, 0.15) is 6.07 Å². The molecule has 2 aromatic rings. The van der Waals surface area contributed by atoms with Crippen molar-refractivity contribution in [2.24, 2.45) is 5.10 Å². The summed E-state index contributed by atoms with van der Waals surface area (Å²) in [5, 5.41) is 13.7. The largest absolute Gasteiger partial charge is 0.451 e. The number of nitriles is 1. The van der Waals surface area contributed by atoms with Gasteiger partial charge in [0.05, 0.1) is 34.5 Å². The molecule has 2 heterocycles. The molecule has 1 aromatic carbocycles. The van der Waals surface area contributed by atoms with E-state index in [9.17, 15) is 14.4 Å². The van der Waals surface area contributed by atoms with Gasteiger partial charge in [-0.25, -0.2) is 4.79 Å². The van der Waals surface area contributed by atoms with Gasteiger partial charge in [0.25, 0.3) is 5.91 Å². The van der Waals surface area contributed by atoms with E-state index < -0.39 is 23.8 Å². The van der Waals surface area contributed by atoms with E-state index in [4.69, 9.17) is 33.2 Å². The number of carbonyl (C=O) groups is 2. The van der Waals surface area contributed by atoms with E-state index in [0.29, 0.717) is 0 Å². The average Bonchev–Trinajstić information content (AvgIpc) is 2.65. The number of aromatic nitrogens is 2. The van der Waals surface area contributed by atoms with Crippen LogP contribution >= 0.6 is 23.2 Å². The first-order valence-electron chi connectivity index (χ1n) is 8.31. The fraction of sp³-hybridized carbons (Fsp3) is 0.222. The van der Waals surface area contributed by atoms with Crippen LogP contribution in [0.25, 0.3) is 0 Å². The Hall–Kier alpha value is -3.22. The van der Waals surface area contributed by atoms with Crippen LogP contribution in [0.4, 0.5) is 5.69 Å². The molecule has 29 heavy (non-hydrogen) atoms. The highest BCUT2D eigenvalue weighted by molar-refractivity contribution is 6.50. The Balaban J connectivity index is 1.97. The van der Waals surface area contributed by atoms with E-state index in [-0.39, 0.29) is 39.0 Å². The van der Waals surface area contributed by atoms with Crippen molar-refractivity contribution in [3.05, 3.63) is 45.1 Å². The first-order valence-corrected chi connectivity index (χ1v) is 9.06. The Morgan fingerprint density at radius 3 is 2.45 bits per heavy atom. The van der Waals surface area contributed by atoms with Gasteiger partial charge in [-0.15, -0.1) is 0 Å². The zero-order chi connectivity index (χ0) is 21.3. The average molecular weight is 434 g/mol. The summed E-state index contributed by atoms with van der Waals surface area (Å²) in [5.41, 5.74) is -0.647. The summed E-state index contributed by atoms with van der Waals surface area (Å²) in [6, 6.07) is 4.24. The summed E-state index contributed by atoms with van der Waals surface area (Å²) >= 11 is 12.5. The van der Waals surface area contributed by atoms with Gasteiger partial charge >= 0.3 is 5.69 Å². The van der Waals surface area contributed by atoms with Gasteiger partial charge in [-0.3, -0.25) is 14.2 Å². The van der Waals surface area contributed by atoms with Crippen molar-refractivity contribution >= 4 is 46.3 Å². The number of carbonyl (C=O) groups excluding carboxylic acids is 2. The number of halogens is 2. The second-order valence-electron chi connectivity index (χ2n) is 6.28. The van der Waals surface area contributed by atoms with Crippen LogP contribution in [-0.2, 0) is 9.59 Å². The summed E-state index contributed by atoms with van der Waals surface area (Å²) in [6.07, 6.45) is 2.23. The van der Waals surface area contributed by atoms with E-state index in [0.717, 1.165) is 5.01 Å². The molecule has 0 saturated carbocycles. The van der Waals surface area contributed by atoms with Gasteiger partial charge in [-0.2, -0.15) is 20.4 Å². The molecule has 0 bridgehead atoms. The summed E-state index contributed by atoms with van der Waals surface area (Å²) < 4.78 is 7.06. The van der Waals surface area contributed by atoms with Crippen molar-refractivity contribution in [1.82, 2.24) is 9.55 Å². The minimum atomic E-state index is -0.654. The van der Waals surface area contributed by atoms with Gasteiger partial charge < -0.3 is 4.74 Å². The highest BCUT2D eigenvalue weighted by Crippen LogP contribution is 2.40. The molecule has 0 spiro atoms. The van der Waals surface area contributed by atoms with Crippen LogP contribution in [0.2, 0.25) is 10.0 Å². The van der Waals surface area contributed by atoms with Crippen molar-refractivity contribution in [2.45, 2.75) is 26.3 Å². The molecule has 0 radical (unpaired) electrons. The van der Waals surface area contributed by atoms with Gasteiger partial charge in [-0.05, 0) is 26.0 Å². The van der Waals surface area contributed by atoms with Crippen molar-refractivity contribution < 1.29 is 14.3 Å². The Bertz CT molecular complexity index is 1130. The molecule has 1 aliphatic rings. The number of nitrogens with zero attached hydrogens (tertiary/aromatic N) is 5. The molecule has 9 nitrogen and oxygen atoms in total. The zero-order valence-corrected chi connectivity index (χ0v) is 16.7. The Morgan fingerprint density at radius 2 is 1.86 bits per heavy atom. The van der Waals surface area contributed by atoms with Crippen molar-refractivity contribution in [3.63, 3.8) is 0 Å². The normalized spacial score (nSPS) is 14.1. The lowest BCUT2D eigenvalue weighted by Gasteiger charge is -2.22. The molecule has 0 N–H and O–H groups in total. The molecule has 0 atom stereocenters. The standard InChI is InChI=1S/C18H13Cl2N5O4/c1-9(2)24-8-11(7-22-18(24)28)29-17-12(19)3-10(4-13(17)20)25-16(27)5-15(26)14(6-21)23-25/h3-4,7-9H,5H2,1-2H3. The number of hydrogen-bond acceptors (Lipinski definition) is 7. The van der Waals surface area contributed by atoms with E-state index in [1.807, 2.05) is 13.8 Å². The molecule has 1 aromatic heterocycles. The summed E-state index contributed by atoms with van der Waals surface area (Å²) in [6.45, 7) is 3.63. The maximum atomic E-state index is 12.1. The maximum absolute atomic E-state index is 12.1. The molecule has 0 aliphatic carbocycles. The van der Waals surface area contributed by atoms with Crippen molar-refractivity contribution in [1.29, 1.82) is 5.26 Å². The van der Waals surface area contributed by atoms with Gasteiger partial charge in [0, 0.05) is 6.04 Å². The maximum Gasteiger partial charge on any atom is 0.347 e. The van der Waals surface area contributed by atoms with E-state index in [2.05, 4.69) is 10.1 Å². The Morgan fingerprint density at radius 1 is 1.21 bits per heavy atom. The lowest BCUT2D eigenvalue weighted by atomic mass is 10.1. The number of Topliss-reactive ketones (excluding diaryl/α,β-unsaturated/α-hetero) is 1. The minimum absolute atomic E-state index is 0.0493. The second kappa shape index (κ2) is 8.03. The molecular formula is C18H13Cl2N5O4. The van der Waals surface area contributed by atoms with Crippen molar-refractivity contribution in [3.8, 4) is 17.6 Å². The molecule has 148 valence electrons. The number of hydrazone groups is 1. The third-order valence-electron chi connectivity index (χ3n) is 3.91. The van der Waals surface area contributed by atoms with E-state index in [1.54, 1.807) is 6.07 Å². The predicted octanol–water partition coefficient (Wildman–Crippen LogP) is 3.11. The number of ketones is 1.